The molecule has 0 fully saturated rings. The fraction of sp³-hybridized carbons (Fsp3) is 0.769. The molecule has 1 atom stereocenters. The lowest BCUT2D eigenvalue weighted by molar-refractivity contribution is -0.167. The molecule has 0 aliphatic rings. The Balaban J connectivity index is 4.42. The SMILES string of the molecule is CCCCC/C=C\C/C=C\C/C=C\CCCCCCC(=O)O[C@@H](COC(=O)CCCCCCCCC/C=C\CCCCCCCC)COC(=O)CCCCCCCCCCC/C=C\C/C=C\CCCCC. The van der Waals surface area contributed by atoms with Gasteiger partial charge in [-0.25, -0.2) is 0 Å². The standard InChI is InChI=1S/C65H114O6/c1-4-7-10-13-16-19-22-25-28-31-32-35-37-40-43-46-49-52-55-58-64(67)70-61-62(71-65(68)59-56-53-50-47-44-41-38-34-30-27-24-21-18-15-12-9-6-3)60-69-63(66)57-54-51-48-45-42-39-36-33-29-26-23-20-17-14-11-8-5-2/h16,18-19,21,25-30,38,41,62H,4-15,17,20,22-24,31-37,39-40,42-61H2,1-3H3/b19-16-,21-18-,28-25-,29-26-,30-27-,41-38-/t62-/m0/s1. The summed E-state index contributed by atoms with van der Waals surface area (Å²) in [5, 5.41) is 0. The number of rotatable bonds is 55. The lowest BCUT2D eigenvalue weighted by Gasteiger charge is -2.18. The summed E-state index contributed by atoms with van der Waals surface area (Å²) in [7, 11) is 0. The highest BCUT2D eigenvalue weighted by atomic mass is 16.6. The molecule has 0 aliphatic carbocycles. The Bertz CT molecular complexity index is 1320. The van der Waals surface area contributed by atoms with Gasteiger partial charge in [-0.05, 0) is 116 Å². The van der Waals surface area contributed by atoms with Gasteiger partial charge in [0.1, 0.15) is 13.2 Å². The predicted octanol–water partition coefficient (Wildman–Crippen LogP) is 20.5. The highest BCUT2D eigenvalue weighted by molar-refractivity contribution is 5.71. The van der Waals surface area contributed by atoms with Crippen LogP contribution in [0.1, 0.15) is 303 Å². The fourth-order valence-corrected chi connectivity index (χ4v) is 8.53. The summed E-state index contributed by atoms with van der Waals surface area (Å²) in [5.74, 6) is -0.906. The molecule has 0 saturated carbocycles. The van der Waals surface area contributed by atoms with Crippen LogP contribution in [0.15, 0.2) is 72.9 Å². The zero-order valence-corrected chi connectivity index (χ0v) is 47.0. The Morgan fingerprint density at radius 2 is 0.507 bits per heavy atom. The van der Waals surface area contributed by atoms with Crippen molar-refractivity contribution in [2.75, 3.05) is 13.2 Å². The van der Waals surface area contributed by atoms with Crippen LogP contribution in [0, 0.1) is 0 Å². The van der Waals surface area contributed by atoms with Gasteiger partial charge in [0, 0.05) is 19.3 Å². The Hall–Kier alpha value is -3.15. The average molecular weight is 992 g/mol. The molecule has 6 heteroatoms. The van der Waals surface area contributed by atoms with Crippen molar-refractivity contribution < 1.29 is 28.6 Å². The van der Waals surface area contributed by atoms with Gasteiger partial charge < -0.3 is 14.2 Å². The summed E-state index contributed by atoms with van der Waals surface area (Å²) in [4.78, 5) is 38.3. The number of esters is 3. The minimum Gasteiger partial charge on any atom is -0.462 e. The quantitative estimate of drug-likeness (QED) is 0.0261. The number of allylic oxidation sites excluding steroid dienone is 12. The molecule has 0 aromatic carbocycles. The molecule has 410 valence electrons. The Morgan fingerprint density at radius 1 is 0.282 bits per heavy atom. The number of hydrogen-bond acceptors (Lipinski definition) is 6. The van der Waals surface area contributed by atoms with Crippen LogP contribution in [0.5, 0.6) is 0 Å². The van der Waals surface area contributed by atoms with Crippen molar-refractivity contribution in [2.24, 2.45) is 0 Å². The lowest BCUT2D eigenvalue weighted by atomic mass is 10.1. The minimum absolute atomic E-state index is 0.0872. The van der Waals surface area contributed by atoms with Crippen molar-refractivity contribution in [3.8, 4) is 0 Å². The molecule has 0 saturated heterocycles. The Labute approximate surface area is 440 Å². The van der Waals surface area contributed by atoms with Crippen LogP contribution < -0.4 is 0 Å². The average Bonchev–Trinajstić information content (AvgIpc) is 3.37. The van der Waals surface area contributed by atoms with Crippen LogP contribution in [-0.4, -0.2) is 37.2 Å². The van der Waals surface area contributed by atoms with Crippen LogP contribution in [-0.2, 0) is 28.6 Å². The molecule has 0 unspecified atom stereocenters. The van der Waals surface area contributed by atoms with E-state index in [0.717, 1.165) is 89.9 Å². The number of hydrogen-bond donors (Lipinski definition) is 0. The maximum Gasteiger partial charge on any atom is 0.306 e. The predicted molar refractivity (Wildman–Crippen MR) is 307 cm³/mol. The third-order valence-electron chi connectivity index (χ3n) is 13.2. The molecule has 0 aromatic heterocycles. The van der Waals surface area contributed by atoms with Gasteiger partial charge in [-0.1, -0.05) is 241 Å². The van der Waals surface area contributed by atoms with Gasteiger partial charge in [0.25, 0.3) is 0 Å². The monoisotopic (exact) mass is 991 g/mol. The first kappa shape index (κ1) is 67.8. The second kappa shape index (κ2) is 59.4. The number of carbonyl (C=O) groups is 3. The molecule has 0 rings (SSSR count). The van der Waals surface area contributed by atoms with Crippen LogP contribution in [0.3, 0.4) is 0 Å². The van der Waals surface area contributed by atoms with Gasteiger partial charge in [-0.3, -0.25) is 14.4 Å². The molecule has 0 heterocycles. The second-order valence-electron chi connectivity index (χ2n) is 20.2. The van der Waals surface area contributed by atoms with Gasteiger partial charge >= 0.3 is 17.9 Å². The lowest BCUT2D eigenvalue weighted by Crippen LogP contribution is -2.30. The Kier molecular flexibility index (Phi) is 56.8. The maximum atomic E-state index is 12.9. The highest BCUT2D eigenvalue weighted by Crippen LogP contribution is 2.15. The van der Waals surface area contributed by atoms with Crippen molar-refractivity contribution in [2.45, 2.75) is 309 Å². The minimum atomic E-state index is -0.792. The number of ether oxygens (including phenoxy) is 3. The molecule has 0 N–H and O–H groups in total. The summed E-state index contributed by atoms with van der Waals surface area (Å²) in [6.07, 6.45) is 76.0. The van der Waals surface area contributed by atoms with Crippen molar-refractivity contribution in [3.05, 3.63) is 72.9 Å². The molecule has 0 radical (unpaired) electrons. The third-order valence-corrected chi connectivity index (χ3v) is 13.2. The van der Waals surface area contributed by atoms with Gasteiger partial charge in [0.2, 0.25) is 0 Å². The zero-order valence-electron chi connectivity index (χ0n) is 47.0. The van der Waals surface area contributed by atoms with Crippen molar-refractivity contribution in [1.82, 2.24) is 0 Å². The van der Waals surface area contributed by atoms with E-state index in [1.807, 2.05) is 0 Å². The molecular weight excluding hydrogens is 877 g/mol. The van der Waals surface area contributed by atoms with E-state index < -0.39 is 6.10 Å². The first-order valence-electron chi connectivity index (χ1n) is 30.4. The first-order valence-corrected chi connectivity index (χ1v) is 30.4. The summed E-state index contributed by atoms with van der Waals surface area (Å²) in [6.45, 7) is 6.59. The second-order valence-corrected chi connectivity index (χ2v) is 20.2. The molecule has 6 nitrogen and oxygen atoms in total. The highest BCUT2D eigenvalue weighted by Gasteiger charge is 2.19. The number of carbonyl (C=O) groups excluding carboxylic acids is 3. The first-order chi connectivity index (χ1) is 35.0. The molecule has 71 heavy (non-hydrogen) atoms. The van der Waals surface area contributed by atoms with Gasteiger partial charge in [-0.15, -0.1) is 0 Å². The summed E-state index contributed by atoms with van der Waals surface area (Å²) in [6, 6.07) is 0. The van der Waals surface area contributed by atoms with E-state index in [-0.39, 0.29) is 31.1 Å². The molecule has 0 spiro atoms. The van der Waals surface area contributed by atoms with Gasteiger partial charge in [-0.2, -0.15) is 0 Å². The van der Waals surface area contributed by atoms with Crippen LogP contribution in [0.4, 0.5) is 0 Å². The summed E-state index contributed by atoms with van der Waals surface area (Å²) < 4.78 is 16.9. The van der Waals surface area contributed by atoms with E-state index in [1.54, 1.807) is 0 Å². The normalized spacial score (nSPS) is 12.5. The maximum absolute atomic E-state index is 12.9. The van der Waals surface area contributed by atoms with Crippen molar-refractivity contribution in [3.63, 3.8) is 0 Å². The van der Waals surface area contributed by atoms with E-state index in [4.69, 9.17) is 14.2 Å². The molecule has 0 aliphatic heterocycles. The molecular formula is C65H114O6. The third kappa shape index (κ3) is 57.6. The summed E-state index contributed by atoms with van der Waals surface area (Å²) >= 11 is 0. The smallest absolute Gasteiger partial charge is 0.306 e. The summed E-state index contributed by atoms with van der Waals surface area (Å²) in [5.41, 5.74) is 0. The largest absolute Gasteiger partial charge is 0.462 e. The van der Waals surface area contributed by atoms with E-state index in [0.29, 0.717) is 19.3 Å². The topological polar surface area (TPSA) is 78.9 Å². The van der Waals surface area contributed by atoms with E-state index in [1.165, 1.54) is 173 Å². The zero-order chi connectivity index (χ0) is 51.4. The van der Waals surface area contributed by atoms with Crippen LogP contribution in [0.25, 0.3) is 0 Å². The van der Waals surface area contributed by atoms with E-state index >= 15 is 0 Å². The van der Waals surface area contributed by atoms with Crippen molar-refractivity contribution in [1.29, 1.82) is 0 Å². The fourth-order valence-electron chi connectivity index (χ4n) is 8.53. The van der Waals surface area contributed by atoms with Crippen LogP contribution in [0.2, 0.25) is 0 Å². The van der Waals surface area contributed by atoms with E-state index in [2.05, 4.69) is 93.7 Å². The van der Waals surface area contributed by atoms with Gasteiger partial charge in [0.05, 0.1) is 0 Å². The number of unbranched alkanes of at least 4 members (excludes halogenated alkanes) is 32. The molecule has 0 amide bonds. The van der Waals surface area contributed by atoms with Crippen LogP contribution >= 0.6 is 0 Å². The van der Waals surface area contributed by atoms with Gasteiger partial charge in [0.15, 0.2) is 6.10 Å². The van der Waals surface area contributed by atoms with Crippen molar-refractivity contribution >= 4 is 17.9 Å². The van der Waals surface area contributed by atoms with E-state index in [9.17, 15) is 14.4 Å². The Morgan fingerprint density at radius 3 is 0.831 bits per heavy atom. The molecule has 0 bridgehead atoms. The molecule has 0 aromatic rings.